The van der Waals surface area contributed by atoms with Crippen molar-refractivity contribution in [1.82, 2.24) is 5.32 Å². The van der Waals surface area contributed by atoms with Crippen LogP contribution in [0.2, 0.25) is 0 Å². The lowest BCUT2D eigenvalue weighted by Crippen LogP contribution is -2.38. The highest BCUT2D eigenvalue weighted by atomic mass is 16.5. The van der Waals surface area contributed by atoms with Crippen LogP contribution in [0.25, 0.3) is 0 Å². The molecule has 0 aromatic heterocycles. The van der Waals surface area contributed by atoms with Crippen molar-refractivity contribution in [2.45, 2.75) is 72.8 Å². The maximum atomic E-state index is 6.27. The standard InChI is InChI=1S/C17H35NO/c1-6-15-9-7-8-10-16(15)19-13-17(4,5)12-18-11-14(2)3/h14-16,18H,6-13H2,1-5H3. The first-order valence-corrected chi connectivity index (χ1v) is 8.27. The summed E-state index contributed by atoms with van der Waals surface area (Å²) in [7, 11) is 0. The van der Waals surface area contributed by atoms with Gasteiger partial charge in [-0.3, -0.25) is 0 Å². The van der Waals surface area contributed by atoms with Crippen molar-refractivity contribution >= 4 is 0 Å². The van der Waals surface area contributed by atoms with Crippen LogP contribution in [0, 0.1) is 17.3 Å². The van der Waals surface area contributed by atoms with Gasteiger partial charge >= 0.3 is 0 Å². The molecule has 0 saturated heterocycles. The fraction of sp³-hybridized carbons (Fsp3) is 1.00. The zero-order valence-corrected chi connectivity index (χ0v) is 13.8. The SMILES string of the molecule is CCC1CCCCC1OCC(C)(C)CNCC(C)C. The van der Waals surface area contributed by atoms with Gasteiger partial charge in [0.25, 0.3) is 0 Å². The van der Waals surface area contributed by atoms with Crippen LogP contribution >= 0.6 is 0 Å². The first-order chi connectivity index (χ1) is 8.94. The number of nitrogens with one attached hydrogen (secondary N) is 1. The van der Waals surface area contributed by atoms with Gasteiger partial charge < -0.3 is 10.1 Å². The molecule has 2 heteroatoms. The molecule has 0 aliphatic heterocycles. The van der Waals surface area contributed by atoms with Gasteiger partial charge in [-0.25, -0.2) is 0 Å². The predicted octanol–water partition coefficient (Wildman–Crippen LogP) is 4.24. The van der Waals surface area contributed by atoms with Gasteiger partial charge in [0.1, 0.15) is 0 Å². The van der Waals surface area contributed by atoms with Crippen LogP contribution < -0.4 is 5.32 Å². The lowest BCUT2D eigenvalue weighted by molar-refractivity contribution is -0.0453. The summed E-state index contributed by atoms with van der Waals surface area (Å²) < 4.78 is 6.27. The highest BCUT2D eigenvalue weighted by Crippen LogP contribution is 2.30. The Morgan fingerprint density at radius 1 is 1.21 bits per heavy atom. The molecule has 1 N–H and O–H groups in total. The van der Waals surface area contributed by atoms with Gasteiger partial charge in [-0.15, -0.1) is 0 Å². The Balaban J connectivity index is 2.28. The van der Waals surface area contributed by atoms with E-state index in [4.69, 9.17) is 4.74 Å². The average Bonchev–Trinajstić information content (AvgIpc) is 2.36. The van der Waals surface area contributed by atoms with E-state index in [0.29, 0.717) is 6.10 Å². The molecule has 0 bridgehead atoms. The van der Waals surface area contributed by atoms with Gasteiger partial charge in [0, 0.05) is 12.0 Å². The zero-order chi connectivity index (χ0) is 14.3. The predicted molar refractivity (Wildman–Crippen MR) is 83.5 cm³/mol. The summed E-state index contributed by atoms with van der Waals surface area (Å²) in [6, 6.07) is 0. The van der Waals surface area contributed by atoms with Crippen molar-refractivity contribution in [3.8, 4) is 0 Å². The molecule has 1 aliphatic rings. The molecular formula is C17H35NO. The average molecular weight is 269 g/mol. The van der Waals surface area contributed by atoms with Gasteiger partial charge in [-0.2, -0.15) is 0 Å². The summed E-state index contributed by atoms with van der Waals surface area (Å²) in [5.74, 6) is 1.52. The third kappa shape index (κ3) is 6.76. The molecule has 0 spiro atoms. The Morgan fingerprint density at radius 3 is 2.53 bits per heavy atom. The minimum Gasteiger partial charge on any atom is -0.377 e. The third-order valence-electron chi connectivity index (χ3n) is 4.21. The van der Waals surface area contributed by atoms with Gasteiger partial charge in [0.2, 0.25) is 0 Å². The minimum atomic E-state index is 0.241. The van der Waals surface area contributed by atoms with Crippen LogP contribution in [0.5, 0.6) is 0 Å². The summed E-state index contributed by atoms with van der Waals surface area (Å²) in [6.07, 6.45) is 7.19. The normalized spacial score (nSPS) is 24.9. The molecule has 0 aromatic carbocycles. The van der Waals surface area contributed by atoms with E-state index in [0.717, 1.165) is 31.5 Å². The summed E-state index contributed by atoms with van der Waals surface area (Å²) >= 11 is 0. The number of ether oxygens (including phenoxy) is 1. The van der Waals surface area contributed by atoms with Crippen LogP contribution in [0.15, 0.2) is 0 Å². The zero-order valence-electron chi connectivity index (χ0n) is 13.8. The molecule has 1 rings (SSSR count). The lowest BCUT2D eigenvalue weighted by atomic mass is 9.84. The fourth-order valence-electron chi connectivity index (χ4n) is 2.94. The highest BCUT2D eigenvalue weighted by molar-refractivity contribution is 4.78. The molecule has 2 nitrogen and oxygen atoms in total. The van der Waals surface area contributed by atoms with E-state index in [9.17, 15) is 0 Å². The molecule has 1 fully saturated rings. The van der Waals surface area contributed by atoms with Gasteiger partial charge in [-0.05, 0) is 31.2 Å². The molecule has 114 valence electrons. The van der Waals surface area contributed by atoms with Crippen LogP contribution in [0.3, 0.4) is 0 Å². The minimum absolute atomic E-state index is 0.241. The van der Waals surface area contributed by atoms with Crippen LogP contribution in [-0.4, -0.2) is 25.8 Å². The number of hydrogen-bond acceptors (Lipinski definition) is 2. The quantitative estimate of drug-likeness (QED) is 0.711. The monoisotopic (exact) mass is 269 g/mol. The maximum Gasteiger partial charge on any atom is 0.0603 e. The van der Waals surface area contributed by atoms with E-state index < -0.39 is 0 Å². The van der Waals surface area contributed by atoms with Crippen molar-refractivity contribution in [1.29, 1.82) is 0 Å². The van der Waals surface area contributed by atoms with Crippen LogP contribution in [0.1, 0.15) is 66.7 Å². The molecular weight excluding hydrogens is 234 g/mol. The lowest BCUT2D eigenvalue weighted by Gasteiger charge is -2.34. The largest absolute Gasteiger partial charge is 0.377 e. The molecule has 0 aromatic rings. The highest BCUT2D eigenvalue weighted by Gasteiger charge is 2.27. The van der Waals surface area contributed by atoms with Crippen molar-refractivity contribution in [2.75, 3.05) is 19.7 Å². The third-order valence-corrected chi connectivity index (χ3v) is 4.21. The summed E-state index contributed by atoms with van der Waals surface area (Å²) in [4.78, 5) is 0. The van der Waals surface area contributed by atoms with Gasteiger partial charge in [0.15, 0.2) is 0 Å². The van der Waals surface area contributed by atoms with Gasteiger partial charge in [0.05, 0.1) is 12.7 Å². The summed E-state index contributed by atoms with van der Waals surface area (Å²) in [5, 5.41) is 3.56. The van der Waals surface area contributed by atoms with E-state index in [2.05, 4.69) is 39.9 Å². The first kappa shape index (κ1) is 17.0. The Hall–Kier alpha value is -0.0800. The van der Waals surface area contributed by atoms with E-state index >= 15 is 0 Å². The first-order valence-electron chi connectivity index (χ1n) is 8.27. The van der Waals surface area contributed by atoms with Gasteiger partial charge in [-0.1, -0.05) is 53.9 Å². The molecule has 19 heavy (non-hydrogen) atoms. The van der Waals surface area contributed by atoms with Crippen molar-refractivity contribution < 1.29 is 4.74 Å². The second-order valence-corrected chi connectivity index (χ2v) is 7.49. The van der Waals surface area contributed by atoms with Crippen molar-refractivity contribution in [3.05, 3.63) is 0 Å². The smallest absolute Gasteiger partial charge is 0.0603 e. The Morgan fingerprint density at radius 2 is 1.89 bits per heavy atom. The summed E-state index contributed by atoms with van der Waals surface area (Å²) in [6.45, 7) is 14.5. The van der Waals surface area contributed by atoms with Crippen molar-refractivity contribution in [3.63, 3.8) is 0 Å². The Bertz CT molecular complexity index is 237. The maximum absolute atomic E-state index is 6.27. The molecule has 0 amide bonds. The summed E-state index contributed by atoms with van der Waals surface area (Å²) in [5.41, 5.74) is 0.241. The Labute approximate surface area is 120 Å². The second-order valence-electron chi connectivity index (χ2n) is 7.49. The molecule has 1 aliphatic carbocycles. The topological polar surface area (TPSA) is 21.3 Å². The number of hydrogen-bond donors (Lipinski definition) is 1. The molecule has 2 unspecified atom stereocenters. The van der Waals surface area contributed by atoms with E-state index in [-0.39, 0.29) is 5.41 Å². The van der Waals surface area contributed by atoms with Crippen molar-refractivity contribution in [2.24, 2.45) is 17.3 Å². The van der Waals surface area contributed by atoms with E-state index in [1.54, 1.807) is 0 Å². The molecule has 2 atom stereocenters. The Kier molecular flexibility index (Phi) is 7.38. The van der Waals surface area contributed by atoms with E-state index in [1.165, 1.54) is 32.1 Å². The second kappa shape index (κ2) is 8.26. The fourth-order valence-corrected chi connectivity index (χ4v) is 2.94. The van der Waals surface area contributed by atoms with Crippen LogP contribution in [-0.2, 0) is 4.74 Å². The molecule has 1 saturated carbocycles. The van der Waals surface area contributed by atoms with E-state index in [1.807, 2.05) is 0 Å². The van der Waals surface area contributed by atoms with Crippen LogP contribution in [0.4, 0.5) is 0 Å². The molecule has 0 heterocycles. The number of rotatable bonds is 8. The molecule has 0 radical (unpaired) electrons.